The van der Waals surface area contributed by atoms with E-state index in [-0.39, 0.29) is 33.4 Å². The van der Waals surface area contributed by atoms with Crippen molar-refractivity contribution in [2.75, 3.05) is 25.0 Å². The number of aromatic nitrogens is 3. The quantitative estimate of drug-likeness (QED) is 0.602. The standard InChI is InChI=1S/C21H20Cl2N6O3/c1-2-25-21(32)28-7-5-12(10-28)29-11-14(18(30)13-4-3-6-26-19(13)29)20(31)27-17-15(22)8-24-9-16(17)23/h3-4,6,8-9,11-12H,2,5,7,10H2,1H3,(H,25,32)(H,24,27,31)/t12-/m0/s1. The molecule has 166 valence electrons. The van der Waals surface area contributed by atoms with Gasteiger partial charge in [0.2, 0.25) is 5.43 Å². The molecule has 0 aromatic carbocycles. The maximum absolute atomic E-state index is 13.1. The van der Waals surface area contributed by atoms with E-state index in [0.717, 1.165) is 0 Å². The Hall–Kier alpha value is -3.17. The predicted octanol–water partition coefficient (Wildman–Crippen LogP) is 3.33. The van der Waals surface area contributed by atoms with E-state index in [4.69, 9.17) is 23.2 Å². The van der Waals surface area contributed by atoms with Crippen molar-refractivity contribution in [2.24, 2.45) is 0 Å². The number of halogens is 2. The second kappa shape index (κ2) is 9.13. The van der Waals surface area contributed by atoms with E-state index in [1.54, 1.807) is 27.8 Å². The van der Waals surface area contributed by atoms with Crippen molar-refractivity contribution in [3.63, 3.8) is 0 Å². The van der Waals surface area contributed by atoms with Gasteiger partial charge in [-0.2, -0.15) is 0 Å². The van der Waals surface area contributed by atoms with Crippen LogP contribution in [0.15, 0.2) is 41.7 Å². The van der Waals surface area contributed by atoms with Gasteiger partial charge in [0.05, 0.1) is 27.2 Å². The van der Waals surface area contributed by atoms with Crippen molar-refractivity contribution in [1.82, 2.24) is 24.8 Å². The van der Waals surface area contributed by atoms with E-state index in [1.807, 2.05) is 6.92 Å². The summed E-state index contributed by atoms with van der Waals surface area (Å²) in [7, 11) is 0. The first-order chi connectivity index (χ1) is 15.4. The normalized spacial score (nSPS) is 15.7. The second-order valence-electron chi connectivity index (χ2n) is 7.31. The number of anilines is 1. The molecule has 3 amide bonds. The topological polar surface area (TPSA) is 109 Å². The molecule has 3 aromatic heterocycles. The molecule has 0 saturated carbocycles. The number of carbonyl (C=O) groups excluding carboxylic acids is 2. The van der Waals surface area contributed by atoms with Gasteiger partial charge < -0.3 is 20.1 Å². The van der Waals surface area contributed by atoms with Crippen LogP contribution in [0, 0.1) is 0 Å². The summed E-state index contributed by atoms with van der Waals surface area (Å²) in [5, 5.41) is 6.02. The molecule has 11 heteroatoms. The van der Waals surface area contributed by atoms with Gasteiger partial charge in [-0.05, 0) is 25.5 Å². The monoisotopic (exact) mass is 474 g/mol. The van der Waals surface area contributed by atoms with Crippen LogP contribution in [0.5, 0.6) is 0 Å². The van der Waals surface area contributed by atoms with E-state index < -0.39 is 11.3 Å². The maximum atomic E-state index is 13.1. The number of nitrogens with zero attached hydrogens (tertiary/aromatic N) is 4. The Balaban J connectivity index is 1.74. The number of rotatable bonds is 4. The van der Waals surface area contributed by atoms with Gasteiger partial charge in [-0.25, -0.2) is 9.78 Å². The summed E-state index contributed by atoms with van der Waals surface area (Å²) in [6.45, 7) is 3.38. The molecule has 2 N–H and O–H groups in total. The van der Waals surface area contributed by atoms with E-state index in [0.29, 0.717) is 37.1 Å². The number of fused-ring (bicyclic) bond motifs is 1. The van der Waals surface area contributed by atoms with Gasteiger partial charge in [-0.1, -0.05) is 23.2 Å². The lowest BCUT2D eigenvalue weighted by atomic mass is 10.1. The fourth-order valence-corrected chi connectivity index (χ4v) is 4.21. The number of amides is 3. The van der Waals surface area contributed by atoms with Crippen LogP contribution < -0.4 is 16.1 Å². The number of hydrogen-bond donors (Lipinski definition) is 2. The van der Waals surface area contributed by atoms with Crippen LogP contribution in [-0.4, -0.2) is 51.0 Å². The summed E-state index contributed by atoms with van der Waals surface area (Å²) in [6, 6.07) is 2.98. The van der Waals surface area contributed by atoms with Crippen molar-refractivity contribution in [1.29, 1.82) is 0 Å². The van der Waals surface area contributed by atoms with Crippen molar-refractivity contribution < 1.29 is 9.59 Å². The smallest absolute Gasteiger partial charge is 0.317 e. The lowest BCUT2D eigenvalue weighted by Crippen LogP contribution is -2.38. The molecule has 0 unspecified atom stereocenters. The number of pyridine rings is 3. The third-order valence-corrected chi connectivity index (χ3v) is 5.87. The Morgan fingerprint density at radius 1 is 1.25 bits per heavy atom. The van der Waals surface area contributed by atoms with Gasteiger partial charge in [-0.15, -0.1) is 0 Å². The highest BCUT2D eigenvalue weighted by Crippen LogP contribution is 2.29. The van der Waals surface area contributed by atoms with E-state index >= 15 is 0 Å². The minimum atomic E-state index is -0.650. The van der Waals surface area contributed by atoms with E-state index in [9.17, 15) is 14.4 Å². The fourth-order valence-electron chi connectivity index (χ4n) is 3.75. The third kappa shape index (κ3) is 4.13. The number of nitrogens with one attached hydrogen (secondary N) is 2. The van der Waals surface area contributed by atoms with Crippen LogP contribution >= 0.6 is 23.2 Å². The first-order valence-electron chi connectivity index (χ1n) is 10.0. The highest BCUT2D eigenvalue weighted by molar-refractivity contribution is 6.39. The Bertz CT molecular complexity index is 1240. The Kier molecular flexibility index (Phi) is 6.29. The summed E-state index contributed by atoms with van der Waals surface area (Å²) in [5.41, 5.74) is 0.0956. The predicted molar refractivity (Wildman–Crippen MR) is 123 cm³/mol. The van der Waals surface area contributed by atoms with Crippen molar-refractivity contribution in [2.45, 2.75) is 19.4 Å². The van der Waals surface area contributed by atoms with Gasteiger partial charge in [0.15, 0.2) is 0 Å². The molecule has 0 spiro atoms. The Labute approximate surface area is 193 Å². The summed E-state index contributed by atoms with van der Waals surface area (Å²) in [4.78, 5) is 48.3. The van der Waals surface area contributed by atoms with Crippen LogP contribution in [0.25, 0.3) is 11.0 Å². The molecule has 1 atom stereocenters. The molecule has 3 aromatic rings. The highest BCUT2D eigenvalue weighted by Gasteiger charge is 2.29. The molecule has 0 bridgehead atoms. The summed E-state index contributed by atoms with van der Waals surface area (Å²) >= 11 is 12.2. The van der Waals surface area contributed by atoms with Crippen LogP contribution in [-0.2, 0) is 0 Å². The van der Waals surface area contributed by atoms with Crippen molar-refractivity contribution in [3.05, 3.63) is 62.8 Å². The Morgan fingerprint density at radius 2 is 2.00 bits per heavy atom. The zero-order valence-corrected chi connectivity index (χ0v) is 18.7. The fraction of sp³-hybridized carbons (Fsp3) is 0.286. The molecule has 1 fully saturated rings. The van der Waals surface area contributed by atoms with Gasteiger partial charge in [0.25, 0.3) is 5.91 Å². The molecule has 0 radical (unpaired) electrons. The molecule has 4 heterocycles. The van der Waals surface area contributed by atoms with Crippen molar-refractivity contribution >= 4 is 51.9 Å². The summed E-state index contributed by atoms with van der Waals surface area (Å²) in [5.74, 6) is -0.650. The highest BCUT2D eigenvalue weighted by atomic mass is 35.5. The van der Waals surface area contributed by atoms with Crippen LogP contribution in [0.3, 0.4) is 0 Å². The molecule has 1 aliphatic rings. The minimum absolute atomic E-state index is 0.0779. The average molecular weight is 475 g/mol. The molecule has 0 aliphatic carbocycles. The maximum Gasteiger partial charge on any atom is 0.317 e. The van der Waals surface area contributed by atoms with Gasteiger partial charge >= 0.3 is 6.03 Å². The van der Waals surface area contributed by atoms with E-state index in [2.05, 4.69) is 20.6 Å². The third-order valence-electron chi connectivity index (χ3n) is 5.30. The minimum Gasteiger partial charge on any atom is -0.338 e. The van der Waals surface area contributed by atoms with E-state index in [1.165, 1.54) is 18.6 Å². The number of carbonyl (C=O) groups is 2. The number of hydrogen-bond acceptors (Lipinski definition) is 5. The zero-order valence-electron chi connectivity index (χ0n) is 17.1. The first kappa shape index (κ1) is 22.0. The van der Waals surface area contributed by atoms with Gasteiger partial charge in [0.1, 0.15) is 11.2 Å². The summed E-state index contributed by atoms with van der Waals surface area (Å²) in [6.07, 6.45) is 6.43. The lowest BCUT2D eigenvalue weighted by molar-refractivity contribution is 0.102. The molecule has 4 rings (SSSR count). The molecular weight excluding hydrogens is 455 g/mol. The number of likely N-dealkylation sites (tertiary alicyclic amines) is 1. The largest absolute Gasteiger partial charge is 0.338 e. The second-order valence-corrected chi connectivity index (χ2v) is 8.12. The molecule has 9 nitrogen and oxygen atoms in total. The van der Waals surface area contributed by atoms with Crippen LogP contribution in [0.2, 0.25) is 10.0 Å². The van der Waals surface area contributed by atoms with Gasteiger partial charge in [-0.3, -0.25) is 14.6 Å². The molecule has 1 aliphatic heterocycles. The zero-order chi connectivity index (χ0) is 22.8. The lowest BCUT2D eigenvalue weighted by Gasteiger charge is -2.20. The van der Waals surface area contributed by atoms with Crippen LogP contribution in [0.1, 0.15) is 29.7 Å². The molecule has 1 saturated heterocycles. The van der Waals surface area contributed by atoms with Gasteiger partial charge in [0, 0.05) is 44.4 Å². The van der Waals surface area contributed by atoms with Crippen molar-refractivity contribution in [3.8, 4) is 0 Å². The molecule has 32 heavy (non-hydrogen) atoms. The number of urea groups is 1. The Morgan fingerprint density at radius 3 is 2.72 bits per heavy atom. The summed E-state index contributed by atoms with van der Waals surface area (Å²) < 4.78 is 1.79. The molecular formula is C21H20Cl2N6O3. The first-order valence-corrected chi connectivity index (χ1v) is 10.8. The van der Waals surface area contributed by atoms with Crippen LogP contribution in [0.4, 0.5) is 10.5 Å². The SMILES string of the molecule is CCNC(=O)N1CC[C@H](n2cc(C(=O)Nc3c(Cl)cncc3Cl)c(=O)c3cccnc32)C1. The average Bonchev–Trinajstić information content (AvgIpc) is 3.27.